The Balaban J connectivity index is 1.69. The Bertz CT molecular complexity index is 840. The number of aromatic nitrogens is 2. The van der Waals surface area contributed by atoms with Gasteiger partial charge in [-0.2, -0.15) is 5.10 Å². The van der Waals surface area contributed by atoms with E-state index in [0.717, 1.165) is 18.4 Å². The summed E-state index contributed by atoms with van der Waals surface area (Å²) in [4.78, 5) is 14.3. The molecule has 1 heterocycles. The van der Waals surface area contributed by atoms with Gasteiger partial charge in [0.1, 0.15) is 0 Å². The van der Waals surface area contributed by atoms with E-state index in [1.165, 1.54) is 24.3 Å². The lowest BCUT2D eigenvalue weighted by molar-refractivity contribution is 0.206. The number of rotatable bonds is 5. The average Bonchev–Trinajstić information content (AvgIpc) is 3.27. The Morgan fingerprint density at radius 2 is 2.04 bits per heavy atom. The Labute approximate surface area is 140 Å². The zero-order chi connectivity index (χ0) is 17.3. The highest BCUT2D eigenvalue weighted by molar-refractivity contribution is 7.89. The zero-order valence-corrected chi connectivity index (χ0v) is 14.0. The van der Waals surface area contributed by atoms with Crippen molar-refractivity contribution in [2.24, 2.45) is 12.2 Å². The van der Waals surface area contributed by atoms with E-state index in [4.69, 9.17) is 5.14 Å². The molecule has 128 valence electrons. The van der Waals surface area contributed by atoms with Crippen LogP contribution in [-0.4, -0.2) is 35.2 Å². The van der Waals surface area contributed by atoms with Crippen molar-refractivity contribution in [3.05, 3.63) is 42.2 Å². The molecule has 0 aliphatic heterocycles. The molecule has 0 saturated heterocycles. The van der Waals surface area contributed by atoms with Gasteiger partial charge in [0.25, 0.3) is 0 Å². The van der Waals surface area contributed by atoms with E-state index in [1.807, 2.05) is 13.2 Å². The number of primary sulfonamides is 1. The smallest absolute Gasteiger partial charge is 0.317 e. The lowest BCUT2D eigenvalue weighted by atomic mass is 10.3. The van der Waals surface area contributed by atoms with E-state index < -0.39 is 10.0 Å². The number of nitrogens with two attached hydrogens (primary N) is 1. The molecule has 8 nitrogen and oxygen atoms in total. The molecule has 1 saturated carbocycles. The molecule has 0 bridgehead atoms. The lowest BCUT2D eigenvalue weighted by Crippen LogP contribution is -2.36. The van der Waals surface area contributed by atoms with Crippen LogP contribution in [0.4, 0.5) is 10.5 Å². The maximum Gasteiger partial charge on any atom is 0.322 e. The molecule has 3 rings (SSSR count). The second kappa shape index (κ2) is 6.25. The van der Waals surface area contributed by atoms with Crippen LogP contribution in [0.25, 0.3) is 0 Å². The third-order valence-electron chi connectivity index (χ3n) is 3.79. The highest BCUT2D eigenvalue weighted by Crippen LogP contribution is 2.29. The predicted molar refractivity (Wildman–Crippen MR) is 88.6 cm³/mol. The summed E-state index contributed by atoms with van der Waals surface area (Å²) in [5, 5.41) is 12.0. The molecule has 1 aliphatic carbocycles. The molecular weight excluding hydrogens is 330 g/mol. The minimum Gasteiger partial charge on any atom is -0.317 e. The summed E-state index contributed by atoms with van der Waals surface area (Å²) in [6, 6.07) is 5.79. The Kier molecular flexibility index (Phi) is 4.29. The van der Waals surface area contributed by atoms with Crippen molar-refractivity contribution in [3.8, 4) is 0 Å². The van der Waals surface area contributed by atoms with Crippen molar-refractivity contribution >= 4 is 21.7 Å². The molecule has 2 amide bonds. The summed E-state index contributed by atoms with van der Waals surface area (Å²) < 4.78 is 24.2. The van der Waals surface area contributed by atoms with Crippen LogP contribution in [0, 0.1) is 0 Å². The Hall–Kier alpha value is -2.39. The maximum absolute atomic E-state index is 12.5. The summed E-state index contributed by atoms with van der Waals surface area (Å²) >= 11 is 0. The van der Waals surface area contributed by atoms with Crippen LogP contribution in [0.2, 0.25) is 0 Å². The van der Waals surface area contributed by atoms with Crippen LogP contribution in [0.1, 0.15) is 18.4 Å². The summed E-state index contributed by atoms with van der Waals surface area (Å²) in [6.07, 6.45) is 5.59. The van der Waals surface area contributed by atoms with Crippen LogP contribution in [0.3, 0.4) is 0 Å². The Morgan fingerprint density at radius 3 is 2.54 bits per heavy atom. The van der Waals surface area contributed by atoms with Gasteiger partial charge in [0.05, 0.1) is 17.6 Å². The van der Waals surface area contributed by atoms with E-state index in [1.54, 1.807) is 15.8 Å². The van der Waals surface area contributed by atoms with Gasteiger partial charge in [-0.3, -0.25) is 4.68 Å². The van der Waals surface area contributed by atoms with Crippen LogP contribution in [-0.2, 0) is 23.6 Å². The fourth-order valence-electron chi connectivity index (χ4n) is 2.43. The molecule has 0 radical (unpaired) electrons. The second-order valence-corrected chi connectivity index (χ2v) is 7.44. The first-order valence-corrected chi connectivity index (χ1v) is 9.05. The summed E-state index contributed by atoms with van der Waals surface area (Å²) in [6.45, 7) is 0.486. The molecule has 1 fully saturated rings. The molecule has 1 aromatic carbocycles. The maximum atomic E-state index is 12.5. The fourth-order valence-corrected chi connectivity index (χ4v) is 2.94. The van der Waals surface area contributed by atoms with Crippen molar-refractivity contribution in [2.45, 2.75) is 30.3 Å². The van der Waals surface area contributed by atoms with Crippen molar-refractivity contribution in [1.82, 2.24) is 14.7 Å². The summed E-state index contributed by atoms with van der Waals surface area (Å²) in [5.74, 6) is 0. The lowest BCUT2D eigenvalue weighted by Gasteiger charge is -2.22. The largest absolute Gasteiger partial charge is 0.322 e. The van der Waals surface area contributed by atoms with Gasteiger partial charge >= 0.3 is 6.03 Å². The van der Waals surface area contributed by atoms with Gasteiger partial charge in [-0.05, 0) is 37.1 Å². The quantitative estimate of drug-likeness (QED) is 0.846. The number of nitrogens with one attached hydrogen (secondary N) is 1. The number of hydrogen-bond acceptors (Lipinski definition) is 4. The van der Waals surface area contributed by atoms with Crippen LogP contribution in [0.15, 0.2) is 41.6 Å². The summed E-state index contributed by atoms with van der Waals surface area (Å²) in [7, 11) is -1.91. The first-order valence-electron chi connectivity index (χ1n) is 7.51. The standard InChI is InChI=1S/C15H19N5O3S/c1-19-9-11(8-17-19)10-20(13-4-5-13)15(21)18-12-2-6-14(7-3-12)24(16,22)23/h2-3,6-9,13H,4-5,10H2,1H3,(H,18,21)(H2,16,22,23). The number of hydrogen-bond donors (Lipinski definition) is 2. The minimum atomic E-state index is -3.74. The molecule has 1 aliphatic rings. The number of urea groups is 1. The van der Waals surface area contributed by atoms with Gasteiger partial charge in [0.2, 0.25) is 10.0 Å². The third kappa shape index (κ3) is 3.92. The van der Waals surface area contributed by atoms with Gasteiger partial charge in [-0.25, -0.2) is 18.4 Å². The number of benzene rings is 1. The van der Waals surface area contributed by atoms with Crippen LogP contribution in [0.5, 0.6) is 0 Å². The Morgan fingerprint density at radius 1 is 1.38 bits per heavy atom. The van der Waals surface area contributed by atoms with Gasteiger partial charge in [-0.1, -0.05) is 0 Å². The molecule has 9 heteroatoms. The number of anilines is 1. The van der Waals surface area contributed by atoms with Crippen molar-refractivity contribution in [3.63, 3.8) is 0 Å². The molecular formula is C15H19N5O3S. The second-order valence-electron chi connectivity index (χ2n) is 5.88. The highest BCUT2D eigenvalue weighted by atomic mass is 32.2. The number of sulfonamides is 1. The first kappa shape index (κ1) is 16.5. The fraction of sp³-hybridized carbons (Fsp3) is 0.333. The van der Waals surface area contributed by atoms with Crippen molar-refractivity contribution in [1.29, 1.82) is 0 Å². The highest BCUT2D eigenvalue weighted by Gasteiger charge is 2.32. The predicted octanol–water partition coefficient (Wildman–Crippen LogP) is 1.26. The first-order chi connectivity index (χ1) is 11.3. The van der Waals surface area contributed by atoms with E-state index in [2.05, 4.69) is 10.4 Å². The average molecular weight is 349 g/mol. The van der Waals surface area contributed by atoms with Crippen molar-refractivity contribution in [2.75, 3.05) is 5.32 Å². The van der Waals surface area contributed by atoms with E-state index in [-0.39, 0.29) is 17.0 Å². The molecule has 2 aromatic rings. The van der Waals surface area contributed by atoms with Crippen LogP contribution < -0.4 is 10.5 Å². The topological polar surface area (TPSA) is 110 Å². The molecule has 0 spiro atoms. The monoisotopic (exact) mass is 349 g/mol. The normalized spacial score (nSPS) is 14.4. The number of amides is 2. The number of aryl methyl sites for hydroxylation is 1. The van der Waals surface area contributed by atoms with Crippen LogP contribution >= 0.6 is 0 Å². The zero-order valence-electron chi connectivity index (χ0n) is 13.2. The SMILES string of the molecule is Cn1cc(CN(C(=O)Nc2ccc(S(N)(=O)=O)cc2)C2CC2)cn1. The molecule has 3 N–H and O–H groups in total. The van der Waals surface area contributed by atoms with E-state index in [0.29, 0.717) is 12.2 Å². The van der Waals surface area contributed by atoms with Gasteiger partial charge in [0, 0.05) is 30.5 Å². The number of carbonyl (C=O) groups excluding carboxylic acids is 1. The summed E-state index contributed by atoms with van der Waals surface area (Å²) in [5.41, 5.74) is 1.48. The van der Waals surface area contributed by atoms with Gasteiger partial charge < -0.3 is 10.2 Å². The molecule has 0 atom stereocenters. The number of carbonyl (C=O) groups is 1. The number of nitrogens with zero attached hydrogens (tertiary/aromatic N) is 3. The molecule has 0 unspecified atom stereocenters. The van der Waals surface area contributed by atoms with Gasteiger partial charge in [0.15, 0.2) is 0 Å². The third-order valence-corrected chi connectivity index (χ3v) is 4.72. The molecule has 1 aromatic heterocycles. The minimum absolute atomic E-state index is 0.00917. The molecule has 24 heavy (non-hydrogen) atoms. The van der Waals surface area contributed by atoms with Crippen molar-refractivity contribution < 1.29 is 13.2 Å². The van der Waals surface area contributed by atoms with Gasteiger partial charge in [-0.15, -0.1) is 0 Å². The van der Waals surface area contributed by atoms with E-state index >= 15 is 0 Å². The van der Waals surface area contributed by atoms with E-state index in [9.17, 15) is 13.2 Å².